The highest BCUT2D eigenvalue weighted by Crippen LogP contribution is 2.12. The molecule has 0 unspecified atom stereocenters. The van der Waals surface area contributed by atoms with Crippen molar-refractivity contribution in [1.82, 2.24) is 0 Å². The molecule has 0 heterocycles. The Morgan fingerprint density at radius 1 is 0.524 bits per heavy atom. The van der Waals surface area contributed by atoms with Gasteiger partial charge >= 0.3 is 11.9 Å². The lowest BCUT2D eigenvalue weighted by Crippen LogP contribution is -1.99. The third-order valence-electron chi connectivity index (χ3n) is 3.72. The molecule has 0 amide bonds. The smallest absolute Gasteiger partial charge is 0.305 e. The van der Waals surface area contributed by atoms with Gasteiger partial charge in [0, 0.05) is 12.8 Å². The zero-order valence-corrected chi connectivity index (χ0v) is 13.8. The molecular formula is C17H32O4. The van der Waals surface area contributed by atoms with E-state index in [-0.39, 0.29) is 11.9 Å². The summed E-state index contributed by atoms with van der Waals surface area (Å²) in [6, 6.07) is 0. The van der Waals surface area contributed by atoms with Crippen LogP contribution < -0.4 is 0 Å². The number of carbonyl (C=O) groups is 2. The minimum atomic E-state index is -0.0952. The molecule has 0 aromatic heterocycles. The molecule has 21 heavy (non-hydrogen) atoms. The number of methoxy groups -OCH3 is 2. The zero-order valence-electron chi connectivity index (χ0n) is 13.8. The summed E-state index contributed by atoms with van der Waals surface area (Å²) in [5.41, 5.74) is 0. The average Bonchev–Trinajstić information content (AvgIpc) is 2.51. The molecule has 0 aliphatic carbocycles. The number of ether oxygens (including phenoxy) is 2. The first-order valence-electron chi connectivity index (χ1n) is 8.34. The van der Waals surface area contributed by atoms with Crippen LogP contribution in [0.2, 0.25) is 0 Å². The van der Waals surface area contributed by atoms with Gasteiger partial charge in [0.05, 0.1) is 14.2 Å². The number of carbonyl (C=O) groups excluding carboxylic acids is 2. The van der Waals surface area contributed by atoms with Crippen molar-refractivity contribution in [3.8, 4) is 0 Å². The molecule has 0 saturated carbocycles. The monoisotopic (exact) mass is 300 g/mol. The standard InChI is InChI=1S/C17H32O4/c1-20-16(18)14-12-10-8-6-4-3-5-7-9-11-13-15-17(19)21-2/h3-15H2,1-2H3. The van der Waals surface area contributed by atoms with E-state index < -0.39 is 0 Å². The van der Waals surface area contributed by atoms with Crippen LogP contribution in [-0.2, 0) is 19.1 Å². The van der Waals surface area contributed by atoms with Crippen molar-refractivity contribution in [2.24, 2.45) is 0 Å². The van der Waals surface area contributed by atoms with E-state index in [1.54, 1.807) is 0 Å². The Kier molecular flexibility index (Phi) is 14.6. The highest BCUT2D eigenvalue weighted by atomic mass is 16.5. The Hall–Kier alpha value is -1.06. The summed E-state index contributed by atoms with van der Waals surface area (Å²) in [5.74, 6) is -0.190. The van der Waals surface area contributed by atoms with Gasteiger partial charge in [-0.3, -0.25) is 9.59 Å². The molecule has 0 spiro atoms. The van der Waals surface area contributed by atoms with Gasteiger partial charge in [0.1, 0.15) is 0 Å². The third kappa shape index (κ3) is 15.2. The summed E-state index contributed by atoms with van der Waals surface area (Å²) >= 11 is 0. The van der Waals surface area contributed by atoms with E-state index >= 15 is 0 Å². The molecule has 0 fully saturated rings. The van der Waals surface area contributed by atoms with Crippen molar-refractivity contribution in [3.05, 3.63) is 0 Å². The Morgan fingerprint density at radius 2 is 0.762 bits per heavy atom. The van der Waals surface area contributed by atoms with Crippen LogP contribution in [0.1, 0.15) is 83.5 Å². The normalized spacial score (nSPS) is 10.4. The van der Waals surface area contributed by atoms with Crippen molar-refractivity contribution >= 4 is 11.9 Å². The lowest BCUT2D eigenvalue weighted by molar-refractivity contribution is -0.141. The molecule has 0 aliphatic rings. The Morgan fingerprint density at radius 3 is 1.00 bits per heavy atom. The fraction of sp³-hybridized carbons (Fsp3) is 0.882. The largest absolute Gasteiger partial charge is 0.469 e. The van der Waals surface area contributed by atoms with Crippen LogP contribution >= 0.6 is 0 Å². The summed E-state index contributed by atoms with van der Waals surface area (Å²) in [6.45, 7) is 0. The van der Waals surface area contributed by atoms with Crippen molar-refractivity contribution in [2.75, 3.05) is 14.2 Å². The van der Waals surface area contributed by atoms with Gasteiger partial charge in [-0.15, -0.1) is 0 Å². The van der Waals surface area contributed by atoms with Crippen molar-refractivity contribution in [1.29, 1.82) is 0 Å². The van der Waals surface area contributed by atoms with Gasteiger partial charge in [-0.1, -0.05) is 57.8 Å². The van der Waals surface area contributed by atoms with Crippen LogP contribution in [0.5, 0.6) is 0 Å². The maximum Gasteiger partial charge on any atom is 0.305 e. The van der Waals surface area contributed by atoms with Gasteiger partial charge in [-0.05, 0) is 12.8 Å². The first-order valence-corrected chi connectivity index (χ1v) is 8.34. The number of rotatable bonds is 14. The lowest BCUT2D eigenvalue weighted by Gasteiger charge is -2.03. The topological polar surface area (TPSA) is 52.6 Å². The van der Waals surface area contributed by atoms with Gasteiger partial charge in [0.15, 0.2) is 0 Å². The van der Waals surface area contributed by atoms with Crippen LogP contribution in [0.25, 0.3) is 0 Å². The molecule has 0 bridgehead atoms. The van der Waals surface area contributed by atoms with Crippen LogP contribution in [0.4, 0.5) is 0 Å². The van der Waals surface area contributed by atoms with E-state index in [9.17, 15) is 9.59 Å². The highest BCUT2D eigenvalue weighted by molar-refractivity contribution is 5.69. The molecule has 0 rings (SSSR count). The van der Waals surface area contributed by atoms with Crippen LogP contribution in [0.3, 0.4) is 0 Å². The Balaban J connectivity index is 3.06. The van der Waals surface area contributed by atoms with Gasteiger partial charge in [0.2, 0.25) is 0 Å². The molecule has 0 aromatic carbocycles. The van der Waals surface area contributed by atoms with Gasteiger partial charge < -0.3 is 9.47 Å². The Labute approximate surface area is 129 Å². The molecule has 0 aliphatic heterocycles. The fourth-order valence-electron chi connectivity index (χ4n) is 2.33. The van der Waals surface area contributed by atoms with E-state index in [0.717, 1.165) is 25.7 Å². The van der Waals surface area contributed by atoms with E-state index in [2.05, 4.69) is 9.47 Å². The van der Waals surface area contributed by atoms with E-state index in [0.29, 0.717) is 12.8 Å². The molecule has 0 N–H and O–H groups in total. The van der Waals surface area contributed by atoms with Gasteiger partial charge in [0.25, 0.3) is 0 Å². The van der Waals surface area contributed by atoms with Crippen LogP contribution in [-0.4, -0.2) is 26.2 Å². The first-order chi connectivity index (χ1) is 10.2. The van der Waals surface area contributed by atoms with E-state index in [1.807, 2.05) is 0 Å². The average molecular weight is 300 g/mol. The maximum absolute atomic E-state index is 10.9. The predicted molar refractivity (Wildman–Crippen MR) is 84.1 cm³/mol. The minimum Gasteiger partial charge on any atom is -0.469 e. The molecule has 0 atom stereocenters. The van der Waals surface area contributed by atoms with E-state index in [1.165, 1.54) is 59.2 Å². The first kappa shape index (κ1) is 19.9. The number of hydrogen-bond donors (Lipinski definition) is 0. The molecule has 4 heteroatoms. The summed E-state index contributed by atoms with van der Waals surface area (Å²) in [6.07, 6.45) is 14.1. The summed E-state index contributed by atoms with van der Waals surface area (Å²) in [5, 5.41) is 0. The lowest BCUT2D eigenvalue weighted by atomic mass is 10.0. The third-order valence-corrected chi connectivity index (χ3v) is 3.72. The van der Waals surface area contributed by atoms with Crippen molar-refractivity contribution < 1.29 is 19.1 Å². The minimum absolute atomic E-state index is 0.0952. The Bertz CT molecular complexity index is 238. The van der Waals surface area contributed by atoms with E-state index in [4.69, 9.17) is 0 Å². The molecular weight excluding hydrogens is 268 g/mol. The van der Waals surface area contributed by atoms with Crippen molar-refractivity contribution in [3.63, 3.8) is 0 Å². The maximum atomic E-state index is 10.9. The zero-order chi connectivity index (χ0) is 15.8. The SMILES string of the molecule is COC(=O)CCCCCCCCCCCCCC(=O)OC. The van der Waals surface area contributed by atoms with Crippen LogP contribution in [0.15, 0.2) is 0 Å². The number of esters is 2. The second-order valence-corrected chi connectivity index (χ2v) is 5.54. The second-order valence-electron chi connectivity index (χ2n) is 5.54. The molecule has 0 radical (unpaired) electrons. The van der Waals surface area contributed by atoms with Crippen LogP contribution in [0, 0.1) is 0 Å². The molecule has 124 valence electrons. The number of unbranched alkanes of at least 4 members (excludes halogenated alkanes) is 10. The summed E-state index contributed by atoms with van der Waals surface area (Å²) in [7, 11) is 2.88. The second kappa shape index (κ2) is 15.3. The quantitative estimate of drug-likeness (QED) is 0.352. The summed E-state index contributed by atoms with van der Waals surface area (Å²) < 4.78 is 9.21. The van der Waals surface area contributed by atoms with Gasteiger partial charge in [-0.2, -0.15) is 0 Å². The van der Waals surface area contributed by atoms with Crippen molar-refractivity contribution in [2.45, 2.75) is 83.5 Å². The summed E-state index contributed by atoms with van der Waals surface area (Å²) in [4.78, 5) is 21.8. The molecule has 0 saturated heterocycles. The molecule has 4 nitrogen and oxygen atoms in total. The predicted octanol–water partition coefficient (Wildman–Crippen LogP) is 4.40. The highest BCUT2D eigenvalue weighted by Gasteiger charge is 2.00. The fourth-order valence-corrected chi connectivity index (χ4v) is 2.33. The number of hydrogen-bond acceptors (Lipinski definition) is 4. The molecule has 0 aromatic rings. The van der Waals surface area contributed by atoms with Gasteiger partial charge in [-0.25, -0.2) is 0 Å².